The molecule has 0 saturated carbocycles. The van der Waals surface area contributed by atoms with E-state index in [1.165, 1.54) is 11.8 Å². The van der Waals surface area contributed by atoms with Gasteiger partial charge in [-0.2, -0.15) is 0 Å². The maximum Gasteiger partial charge on any atom is 0.244 e. The highest BCUT2D eigenvalue weighted by Crippen LogP contribution is 2.20. The van der Waals surface area contributed by atoms with Gasteiger partial charge in [-0.05, 0) is 42.8 Å². The van der Waals surface area contributed by atoms with Crippen molar-refractivity contribution in [1.82, 2.24) is 0 Å². The standard InChI is InChI=1S/C17H17ClN2O2/c1-12-10-14(18)8-9-16(12)19-17(22)11-20(13(2)21)15-6-4-3-5-7-15/h3-10H,11H2,1-2H3,(H,19,22). The molecule has 0 radical (unpaired) electrons. The number of rotatable bonds is 4. The van der Waals surface area contributed by atoms with E-state index >= 15 is 0 Å². The van der Waals surface area contributed by atoms with Gasteiger partial charge in [0, 0.05) is 23.3 Å². The SMILES string of the molecule is CC(=O)N(CC(=O)Nc1ccc(Cl)cc1C)c1ccccc1. The van der Waals surface area contributed by atoms with Crippen LogP contribution in [0.25, 0.3) is 0 Å². The predicted molar refractivity (Wildman–Crippen MR) is 89.3 cm³/mol. The van der Waals surface area contributed by atoms with Crippen LogP contribution in [0.4, 0.5) is 11.4 Å². The molecule has 0 saturated heterocycles. The monoisotopic (exact) mass is 316 g/mol. The highest BCUT2D eigenvalue weighted by molar-refractivity contribution is 6.30. The lowest BCUT2D eigenvalue weighted by Crippen LogP contribution is -2.36. The van der Waals surface area contributed by atoms with E-state index in [4.69, 9.17) is 11.6 Å². The number of hydrogen-bond acceptors (Lipinski definition) is 2. The molecule has 2 aromatic carbocycles. The number of aryl methyl sites for hydroxylation is 1. The van der Waals surface area contributed by atoms with Crippen molar-refractivity contribution >= 4 is 34.8 Å². The van der Waals surface area contributed by atoms with Gasteiger partial charge in [-0.25, -0.2) is 0 Å². The van der Waals surface area contributed by atoms with E-state index in [1.807, 2.05) is 25.1 Å². The average molecular weight is 317 g/mol. The molecule has 1 N–H and O–H groups in total. The fourth-order valence-electron chi connectivity index (χ4n) is 2.09. The first-order valence-electron chi connectivity index (χ1n) is 6.86. The molecule has 22 heavy (non-hydrogen) atoms. The van der Waals surface area contributed by atoms with Crippen LogP contribution in [0.1, 0.15) is 12.5 Å². The van der Waals surface area contributed by atoms with Gasteiger partial charge in [0.1, 0.15) is 6.54 Å². The Morgan fingerprint density at radius 3 is 2.41 bits per heavy atom. The molecule has 2 amide bonds. The van der Waals surface area contributed by atoms with E-state index in [0.29, 0.717) is 16.4 Å². The van der Waals surface area contributed by atoms with Crippen LogP contribution in [-0.4, -0.2) is 18.4 Å². The largest absolute Gasteiger partial charge is 0.324 e. The summed E-state index contributed by atoms with van der Waals surface area (Å²) in [6, 6.07) is 14.3. The first kappa shape index (κ1) is 16.0. The number of carbonyl (C=O) groups excluding carboxylic acids is 2. The molecule has 0 spiro atoms. The second-order valence-electron chi connectivity index (χ2n) is 4.95. The number of nitrogens with zero attached hydrogens (tertiary/aromatic N) is 1. The number of para-hydroxylation sites is 1. The van der Waals surface area contributed by atoms with Crippen molar-refractivity contribution < 1.29 is 9.59 Å². The quantitative estimate of drug-likeness (QED) is 0.936. The van der Waals surface area contributed by atoms with Crippen LogP contribution in [0.5, 0.6) is 0 Å². The number of hydrogen-bond donors (Lipinski definition) is 1. The Morgan fingerprint density at radius 2 is 1.82 bits per heavy atom. The van der Waals surface area contributed by atoms with Crippen LogP contribution in [0.2, 0.25) is 5.02 Å². The maximum atomic E-state index is 12.2. The zero-order valence-electron chi connectivity index (χ0n) is 12.5. The molecular weight excluding hydrogens is 300 g/mol. The highest BCUT2D eigenvalue weighted by Gasteiger charge is 2.16. The number of halogens is 1. The van der Waals surface area contributed by atoms with Gasteiger partial charge < -0.3 is 10.2 Å². The lowest BCUT2D eigenvalue weighted by molar-refractivity contribution is -0.120. The Bertz CT molecular complexity index is 686. The van der Waals surface area contributed by atoms with Gasteiger partial charge in [0.15, 0.2) is 0 Å². The minimum atomic E-state index is -0.260. The molecule has 0 atom stereocenters. The minimum Gasteiger partial charge on any atom is -0.324 e. The second kappa shape index (κ2) is 7.09. The molecule has 0 fully saturated rings. The van der Waals surface area contributed by atoms with Gasteiger partial charge in [-0.1, -0.05) is 29.8 Å². The fraction of sp³-hybridized carbons (Fsp3) is 0.176. The summed E-state index contributed by atoms with van der Waals surface area (Å²) in [5.41, 5.74) is 2.25. The summed E-state index contributed by atoms with van der Waals surface area (Å²) in [5, 5.41) is 3.42. The number of amides is 2. The summed E-state index contributed by atoms with van der Waals surface area (Å²) in [7, 11) is 0. The minimum absolute atomic E-state index is 0.0403. The van der Waals surface area contributed by atoms with Crippen molar-refractivity contribution in [3.05, 3.63) is 59.1 Å². The molecule has 2 rings (SSSR count). The Labute approximate surface area is 134 Å². The van der Waals surface area contributed by atoms with Crippen molar-refractivity contribution in [1.29, 1.82) is 0 Å². The summed E-state index contributed by atoms with van der Waals surface area (Å²) in [6.07, 6.45) is 0. The van der Waals surface area contributed by atoms with Crippen LogP contribution >= 0.6 is 11.6 Å². The smallest absolute Gasteiger partial charge is 0.244 e. The van der Waals surface area contributed by atoms with Crippen molar-refractivity contribution in [2.75, 3.05) is 16.8 Å². The number of carbonyl (C=O) groups is 2. The Balaban J connectivity index is 2.10. The third-order valence-corrected chi connectivity index (χ3v) is 3.45. The molecule has 0 aliphatic carbocycles. The van der Waals surface area contributed by atoms with Gasteiger partial charge in [0.2, 0.25) is 11.8 Å². The molecule has 0 unspecified atom stereocenters. The molecule has 0 aliphatic heterocycles. The topological polar surface area (TPSA) is 49.4 Å². The first-order chi connectivity index (χ1) is 10.5. The van der Waals surface area contributed by atoms with Crippen molar-refractivity contribution in [3.63, 3.8) is 0 Å². The summed E-state index contributed by atoms with van der Waals surface area (Å²) in [5.74, 6) is -0.446. The van der Waals surface area contributed by atoms with E-state index < -0.39 is 0 Å². The van der Waals surface area contributed by atoms with E-state index in [0.717, 1.165) is 5.56 Å². The maximum absolute atomic E-state index is 12.2. The number of benzene rings is 2. The van der Waals surface area contributed by atoms with E-state index in [1.54, 1.807) is 30.3 Å². The molecule has 4 nitrogen and oxygen atoms in total. The third-order valence-electron chi connectivity index (χ3n) is 3.21. The molecule has 5 heteroatoms. The lowest BCUT2D eigenvalue weighted by Gasteiger charge is -2.21. The predicted octanol–water partition coefficient (Wildman–Crippen LogP) is 3.64. The van der Waals surface area contributed by atoms with Crippen molar-refractivity contribution in [2.24, 2.45) is 0 Å². The highest BCUT2D eigenvalue weighted by atomic mass is 35.5. The van der Waals surface area contributed by atoms with Crippen LogP contribution in [0.15, 0.2) is 48.5 Å². The molecule has 0 bridgehead atoms. The van der Waals surface area contributed by atoms with E-state index in [-0.39, 0.29) is 18.4 Å². The van der Waals surface area contributed by atoms with Gasteiger partial charge in [-0.15, -0.1) is 0 Å². The molecule has 0 aliphatic rings. The van der Waals surface area contributed by atoms with E-state index in [2.05, 4.69) is 5.32 Å². The summed E-state index contributed by atoms with van der Waals surface area (Å²) in [6.45, 7) is 3.26. The molecular formula is C17H17ClN2O2. The second-order valence-corrected chi connectivity index (χ2v) is 5.38. The summed E-state index contributed by atoms with van der Waals surface area (Å²) < 4.78 is 0. The average Bonchev–Trinajstić information content (AvgIpc) is 2.48. The molecule has 2 aromatic rings. The van der Waals surface area contributed by atoms with Crippen molar-refractivity contribution in [3.8, 4) is 0 Å². The Morgan fingerprint density at radius 1 is 1.14 bits per heavy atom. The van der Waals surface area contributed by atoms with E-state index in [9.17, 15) is 9.59 Å². The zero-order chi connectivity index (χ0) is 16.1. The number of nitrogens with one attached hydrogen (secondary N) is 1. The molecule has 0 heterocycles. The van der Waals surface area contributed by atoms with Crippen molar-refractivity contribution in [2.45, 2.75) is 13.8 Å². The Kier molecular flexibility index (Phi) is 5.17. The number of anilines is 2. The zero-order valence-corrected chi connectivity index (χ0v) is 13.2. The third kappa shape index (κ3) is 4.09. The van der Waals surface area contributed by atoms with Gasteiger partial charge in [-0.3, -0.25) is 9.59 Å². The summed E-state index contributed by atoms with van der Waals surface area (Å²) in [4.78, 5) is 25.4. The normalized spacial score (nSPS) is 10.1. The fourth-order valence-corrected chi connectivity index (χ4v) is 2.32. The van der Waals surface area contributed by atoms with Crippen LogP contribution in [-0.2, 0) is 9.59 Å². The molecule has 0 aromatic heterocycles. The summed E-state index contributed by atoms with van der Waals surface area (Å²) >= 11 is 5.89. The van der Waals surface area contributed by atoms with Gasteiger partial charge in [0.25, 0.3) is 0 Å². The van der Waals surface area contributed by atoms with Crippen LogP contribution < -0.4 is 10.2 Å². The van der Waals surface area contributed by atoms with Gasteiger partial charge in [0.05, 0.1) is 0 Å². The molecule has 114 valence electrons. The lowest BCUT2D eigenvalue weighted by atomic mass is 10.2. The first-order valence-corrected chi connectivity index (χ1v) is 7.24. The van der Waals surface area contributed by atoms with Crippen LogP contribution in [0, 0.1) is 6.92 Å². The van der Waals surface area contributed by atoms with Crippen LogP contribution in [0.3, 0.4) is 0 Å². The van der Waals surface area contributed by atoms with Gasteiger partial charge >= 0.3 is 0 Å². The Hall–Kier alpha value is -2.33.